The normalized spacial score (nSPS) is 27.7. The van der Waals surface area contributed by atoms with Crippen molar-refractivity contribution in [3.63, 3.8) is 0 Å². The SMILES string of the molecule is CN(C)c1cccc(N2C(=S)SC3CS(=O)(=O)CC32)c1. The Balaban J connectivity index is 1.97. The number of thioether (sulfide) groups is 1. The van der Waals surface area contributed by atoms with Crippen LogP contribution in [0.5, 0.6) is 0 Å². The quantitative estimate of drug-likeness (QED) is 0.771. The summed E-state index contributed by atoms with van der Waals surface area (Å²) in [5.41, 5.74) is 2.07. The predicted octanol–water partition coefficient (Wildman–Crippen LogP) is 1.76. The molecule has 0 aliphatic carbocycles. The summed E-state index contributed by atoms with van der Waals surface area (Å²) in [4.78, 5) is 4.04. The fourth-order valence-electron chi connectivity index (χ4n) is 2.69. The fraction of sp³-hybridized carbons (Fsp3) is 0.462. The first-order valence-corrected chi connectivity index (χ1v) is 9.46. The van der Waals surface area contributed by atoms with Gasteiger partial charge in [0, 0.05) is 30.7 Å². The summed E-state index contributed by atoms with van der Waals surface area (Å²) in [5.74, 6) is 0.448. The number of hydrogen-bond acceptors (Lipinski definition) is 5. The van der Waals surface area contributed by atoms with Crippen LogP contribution in [-0.2, 0) is 9.84 Å². The Morgan fingerprint density at radius 2 is 2.10 bits per heavy atom. The van der Waals surface area contributed by atoms with Gasteiger partial charge in [-0.05, 0) is 18.2 Å². The van der Waals surface area contributed by atoms with Crippen molar-refractivity contribution in [2.45, 2.75) is 11.3 Å². The molecule has 4 nitrogen and oxygen atoms in total. The molecule has 3 rings (SSSR count). The summed E-state index contributed by atoms with van der Waals surface area (Å²) in [6, 6.07) is 8.04. The summed E-state index contributed by atoms with van der Waals surface area (Å²) >= 11 is 6.96. The minimum Gasteiger partial charge on any atom is -0.378 e. The van der Waals surface area contributed by atoms with E-state index in [1.807, 2.05) is 42.1 Å². The van der Waals surface area contributed by atoms with Crippen LogP contribution in [0.4, 0.5) is 11.4 Å². The molecule has 108 valence electrons. The number of benzene rings is 1. The molecule has 0 aromatic heterocycles. The van der Waals surface area contributed by atoms with Crippen LogP contribution >= 0.6 is 24.0 Å². The number of anilines is 2. The molecule has 0 saturated carbocycles. The summed E-state index contributed by atoms with van der Waals surface area (Å²) < 4.78 is 24.4. The van der Waals surface area contributed by atoms with Gasteiger partial charge in [0.2, 0.25) is 0 Å². The zero-order valence-corrected chi connectivity index (χ0v) is 13.8. The molecule has 2 aliphatic heterocycles. The van der Waals surface area contributed by atoms with E-state index in [1.165, 1.54) is 11.8 Å². The van der Waals surface area contributed by atoms with Gasteiger partial charge >= 0.3 is 0 Å². The lowest BCUT2D eigenvalue weighted by Gasteiger charge is -2.25. The van der Waals surface area contributed by atoms with E-state index in [1.54, 1.807) is 0 Å². The van der Waals surface area contributed by atoms with Gasteiger partial charge in [-0.1, -0.05) is 30.0 Å². The van der Waals surface area contributed by atoms with E-state index in [0.29, 0.717) is 0 Å². The number of hydrogen-bond donors (Lipinski definition) is 0. The van der Waals surface area contributed by atoms with Crippen molar-refractivity contribution < 1.29 is 8.42 Å². The lowest BCUT2D eigenvalue weighted by molar-refractivity contribution is 0.601. The number of thiocarbonyl (C=S) groups is 1. The van der Waals surface area contributed by atoms with E-state index in [9.17, 15) is 8.42 Å². The Morgan fingerprint density at radius 3 is 2.80 bits per heavy atom. The van der Waals surface area contributed by atoms with Crippen LogP contribution in [-0.4, -0.2) is 49.6 Å². The molecule has 0 N–H and O–H groups in total. The van der Waals surface area contributed by atoms with Crippen molar-refractivity contribution in [3.05, 3.63) is 24.3 Å². The van der Waals surface area contributed by atoms with Gasteiger partial charge in [0.05, 0.1) is 17.5 Å². The van der Waals surface area contributed by atoms with Crippen molar-refractivity contribution in [3.8, 4) is 0 Å². The summed E-state index contributed by atoms with van der Waals surface area (Å²) in [6.07, 6.45) is 0. The highest BCUT2D eigenvalue weighted by atomic mass is 32.2. The van der Waals surface area contributed by atoms with Crippen molar-refractivity contribution in [2.24, 2.45) is 0 Å². The van der Waals surface area contributed by atoms with Gasteiger partial charge in [0.25, 0.3) is 0 Å². The molecule has 0 spiro atoms. The van der Waals surface area contributed by atoms with Crippen LogP contribution in [0.15, 0.2) is 24.3 Å². The monoisotopic (exact) mass is 328 g/mol. The third-order valence-corrected chi connectivity index (χ3v) is 7.27. The van der Waals surface area contributed by atoms with Crippen LogP contribution in [0.3, 0.4) is 0 Å². The summed E-state index contributed by atoms with van der Waals surface area (Å²) in [7, 11) is 1.04. The minimum atomic E-state index is -2.93. The van der Waals surface area contributed by atoms with Crippen molar-refractivity contribution in [2.75, 3.05) is 35.4 Å². The third-order valence-electron chi connectivity index (χ3n) is 3.68. The van der Waals surface area contributed by atoms with E-state index in [2.05, 4.69) is 6.07 Å². The molecule has 20 heavy (non-hydrogen) atoms. The molecule has 0 bridgehead atoms. The molecule has 2 heterocycles. The predicted molar refractivity (Wildman–Crippen MR) is 89.7 cm³/mol. The second-order valence-corrected chi connectivity index (χ2v) is 9.38. The van der Waals surface area contributed by atoms with E-state index in [4.69, 9.17) is 12.2 Å². The number of fused-ring (bicyclic) bond motifs is 1. The average molecular weight is 328 g/mol. The zero-order chi connectivity index (χ0) is 14.5. The van der Waals surface area contributed by atoms with E-state index >= 15 is 0 Å². The van der Waals surface area contributed by atoms with E-state index in [0.717, 1.165) is 15.7 Å². The van der Waals surface area contributed by atoms with Gasteiger partial charge in [0.1, 0.15) is 4.32 Å². The number of sulfone groups is 1. The fourth-order valence-corrected chi connectivity index (χ4v) is 7.07. The van der Waals surface area contributed by atoms with Crippen molar-refractivity contribution in [1.29, 1.82) is 0 Å². The smallest absolute Gasteiger partial charge is 0.153 e. The van der Waals surface area contributed by atoms with Gasteiger partial charge in [-0.2, -0.15) is 0 Å². The Bertz CT molecular complexity index is 657. The van der Waals surface area contributed by atoms with Crippen LogP contribution in [0, 0.1) is 0 Å². The van der Waals surface area contributed by atoms with Crippen LogP contribution < -0.4 is 9.80 Å². The topological polar surface area (TPSA) is 40.6 Å². The van der Waals surface area contributed by atoms with Crippen molar-refractivity contribution >= 4 is 49.5 Å². The first kappa shape index (κ1) is 14.2. The Hall–Kier alpha value is -0.790. The highest BCUT2D eigenvalue weighted by Gasteiger charge is 2.48. The van der Waals surface area contributed by atoms with Gasteiger partial charge < -0.3 is 9.80 Å². The third kappa shape index (κ3) is 2.42. The number of rotatable bonds is 2. The average Bonchev–Trinajstić information content (AvgIpc) is 2.79. The Kier molecular flexibility index (Phi) is 3.46. The standard InChI is InChI=1S/C13H16N2O2S3/c1-14(2)9-4-3-5-10(6-9)15-11-7-20(16,17)8-12(11)19-13(15)18/h3-6,11-12H,7-8H2,1-2H3. The molecule has 2 saturated heterocycles. The molecular formula is C13H16N2O2S3. The molecule has 1 aromatic rings. The summed E-state index contributed by atoms with van der Waals surface area (Å²) in [6.45, 7) is 0. The first-order valence-electron chi connectivity index (χ1n) is 6.35. The number of nitrogens with zero attached hydrogens (tertiary/aromatic N) is 2. The Morgan fingerprint density at radius 1 is 1.35 bits per heavy atom. The molecule has 0 amide bonds. The van der Waals surface area contributed by atoms with Crippen LogP contribution in [0.2, 0.25) is 0 Å². The van der Waals surface area contributed by atoms with Crippen LogP contribution in [0.25, 0.3) is 0 Å². The molecule has 2 fully saturated rings. The molecule has 1 aromatic carbocycles. The second-order valence-electron chi connectivity index (χ2n) is 5.35. The first-order chi connectivity index (χ1) is 9.37. The molecule has 2 aliphatic rings. The second kappa shape index (κ2) is 4.89. The van der Waals surface area contributed by atoms with Gasteiger partial charge in [-0.3, -0.25) is 0 Å². The molecule has 2 atom stereocenters. The lowest BCUT2D eigenvalue weighted by Crippen LogP contribution is -2.36. The largest absolute Gasteiger partial charge is 0.378 e. The highest BCUT2D eigenvalue weighted by molar-refractivity contribution is 8.24. The maximum atomic E-state index is 11.8. The van der Waals surface area contributed by atoms with Gasteiger partial charge in [-0.25, -0.2) is 8.42 Å². The van der Waals surface area contributed by atoms with E-state index in [-0.39, 0.29) is 22.8 Å². The Labute approximate surface area is 129 Å². The highest BCUT2D eigenvalue weighted by Crippen LogP contribution is 2.41. The molecule has 7 heteroatoms. The summed E-state index contributed by atoms with van der Waals surface area (Å²) in [5, 5.41) is 0.0792. The molecule has 0 radical (unpaired) electrons. The van der Waals surface area contributed by atoms with E-state index < -0.39 is 9.84 Å². The van der Waals surface area contributed by atoms with Crippen molar-refractivity contribution in [1.82, 2.24) is 0 Å². The lowest BCUT2D eigenvalue weighted by atomic mass is 10.2. The zero-order valence-electron chi connectivity index (χ0n) is 11.3. The molecule has 2 unspecified atom stereocenters. The van der Waals surface area contributed by atoms with Gasteiger partial charge in [0.15, 0.2) is 9.84 Å². The van der Waals surface area contributed by atoms with Crippen LogP contribution in [0.1, 0.15) is 0 Å². The maximum Gasteiger partial charge on any atom is 0.153 e. The molecular weight excluding hydrogens is 312 g/mol. The minimum absolute atomic E-state index is 0.0186. The maximum absolute atomic E-state index is 11.8. The van der Waals surface area contributed by atoms with Gasteiger partial charge in [-0.15, -0.1) is 0 Å².